The summed E-state index contributed by atoms with van der Waals surface area (Å²) in [6.07, 6.45) is 35.2. The molecule has 0 amide bonds. The molecular formula is C84H100O2. The minimum Gasteiger partial charge on any atom is -0.502 e. The molecule has 0 saturated heterocycles. The molecule has 0 N–H and O–H groups in total. The van der Waals surface area contributed by atoms with Gasteiger partial charge < -0.3 is 9.47 Å². The summed E-state index contributed by atoms with van der Waals surface area (Å²) in [5, 5.41) is 0. The Balaban J connectivity index is 1.60. The highest BCUT2D eigenvalue weighted by Crippen LogP contribution is 2.35. The maximum atomic E-state index is 7.26. The molecule has 2 heteroatoms. The van der Waals surface area contributed by atoms with Crippen molar-refractivity contribution >= 4 is 0 Å². The quantitative estimate of drug-likeness (QED) is 0.0228. The molecule has 0 atom stereocenters. The Morgan fingerprint density at radius 1 is 0.267 bits per heavy atom. The molecule has 0 bridgehead atoms. The van der Waals surface area contributed by atoms with Crippen molar-refractivity contribution in [2.45, 2.75) is 221 Å². The Labute approximate surface area is 523 Å². The summed E-state index contributed by atoms with van der Waals surface area (Å²) in [6, 6.07) is 43.9. The third-order valence-corrected chi connectivity index (χ3v) is 16.0. The number of unbranched alkanes of at least 4 members (excludes halogenated alkanes) is 18. The van der Waals surface area contributed by atoms with Crippen LogP contribution in [0, 0.1) is 59.2 Å². The SMILES string of the molecule is C=COCCCCCCCCCCCOc1c(C#Cc2ccc(CCCCC)cc2)c(C#Cc2ccc(CCCCC)cc2)c(C#Cc2ccc(CCCCC)cc2)c(C#Cc2ccc(CCCCC)cc2)c1C#Cc1ccc(CCCCC)cc1. The molecule has 448 valence electrons. The summed E-state index contributed by atoms with van der Waals surface area (Å²) in [5.41, 5.74) is 14.8. The summed E-state index contributed by atoms with van der Waals surface area (Å²) in [4.78, 5) is 0. The number of benzene rings is 6. The first-order chi connectivity index (χ1) is 42.4. The molecule has 0 heterocycles. The van der Waals surface area contributed by atoms with E-state index < -0.39 is 0 Å². The highest BCUT2D eigenvalue weighted by molar-refractivity contribution is 5.78. The van der Waals surface area contributed by atoms with Crippen LogP contribution in [0.25, 0.3) is 0 Å². The second-order valence-corrected chi connectivity index (χ2v) is 23.3. The average Bonchev–Trinajstić information content (AvgIpc) is 3.40. The lowest BCUT2D eigenvalue weighted by Crippen LogP contribution is -2.08. The van der Waals surface area contributed by atoms with E-state index in [1.807, 2.05) is 0 Å². The van der Waals surface area contributed by atoms with Crippen LogP contribution in [0.3, 0.4) is 0 Å². The summed E-state index contributed by atoms with van der Waals surface area (Å²) < 4.78 is 12.6. The molecule has 2 nitrogen and oxygen atoms in total. The molecular weight excluding hydrogens is 1040 g/mol. The van der Waals surface area contributed by atoms with Crippen molar-refractivity contribution in [2.24, 2.45) is 0 Å². The topological polar surface area (TPSA) is 18.5 Å². The molecule has 0 fully saturated rings. The summed E-state index contributed by atoms with van der Waals surface area (Å²) >= 11 is 0. The molecule has 6 aromatic rings. The van der Waals surface area contributed by atoms with Gasteiger partial charge in [0.25, 0.3) is 0 Å². The number of aryl methyl sites for hydroxylation is 5. The van der Waals surface area contributed by atoms with Gasteiger partial charge in [-0.2, -0.15) is 0 Å². The van der Waals surface area contributed by atoms with Crippen molar-refractivity contribution in [1.82, 2.24) is 0 Å². The minimum atomic E-state index is 0.500. The smallest absolute Gasteiger partial charge is 0.153 e. The lowest BCUT2D eigenvalue weighted by molar-refractivity contribution is 0.241. The molecule has 6 rings (SSSR count). The van der Waals surface area contributed by atoms with E-state index in [0.29, 0.717) is 40.2 Å². The molecule has 0 aromatic heterocycles. The van der Waals surface area contributed by atoms with Crippen LogP contribution in [-0.4, -0.2) is 13.2 Å². The van der Waals surface area contributed by atoms with E-state index in [9.17, 15) is 0 Å². The van der Waals surface area contributed by atoms with E-state index in [0.717, 1.165) is 92.2 Å². The normalized spacial score (nSPS) is 10.5. The van der Waals surface area contributed by atoms with Crippen LogP contribution in [-0.2, 0) is 36.8 Å². The fraction of sp³-hybridized carbons (Fsp3) is 0.429. The first kappa shape index (κ1) is 67.6. The zero-order valence-corrected chi connectivity index (χ0v) is 53.6. The average molecular weight is 1140 g/mol. The van der Waals surface area contributed by atoms with Gasteiger partial charge >= 0.3 is 0 Å². The van der Waals surface area contributed by atoms with Gasteiger partial charge in [0.15, 0.2) is 5.75 Å². The maximum Gasteiger partial charge on any atom is 0.153 e. The van der Waals surface area contributed by atoms with Gasteiger partial charge in [-0.05, 0) is 166 Å². The molecule has 0 saturated carbocycles. The predicted molar refractivity (Wildman–Crippen MR) is 368 cm³/mol. The Bertz CT molecular complexity index is 3070. The molecule has 0 spiro atoms. The summed E-state index contributed by atoms with van der Waals surface area (Å²) in [7, 11) is 0. The Kier molecular flexibility index (Phi) is 32.6. The molecule has 0 radical (unpaired) electrons. The third-order valence-electron chi connectivity index (χ3n) is 16.0. The van der Waals surface area contributed by atoms with Gasteiger partial charge in [0.05, 0.1) is 47.3 Å². The van der Waals surface area contributed by atoms with Crippen molar-refractivity contribution in [2.75, 3.05) is 13.2 Å². The minimum absolute atomic E-state index is 0.500. The van der Waals surface area contributed by atoms with E-state index in [2.05, 4.69) is 222 Å². The fourth-order valence-electron chi connectivity index (χ4n) is 10.6. The monoisotopic (exact) mass is 1140 g/mol. The lowest BCUT2D eigenvalue weighted by Gasteiger charge is -2.17. The van der Waals surface area contributed by atoms with E-state index in [-0.39, 0.29) is 0 Å². The summed E-state index contributed by atoms with van der Waals surface area (Å²) in [5.74, 6) is 37.5. The highest BCUT2D eigenvalue weighted by Gasteiger charge is 2.23. The van der Waals surface area contributed by atoms with E-state index >= 15 is 0 Å². The van der Waals surface area contributed by atoms with Gasteiger partial charge in [-0.25, -0.2) is 0 Å². The Morgan fingerprint density at radius 2 is 0.500 bits per heavy atom. The number of hydrogen-bond acceptors (Lipinski definition) is 2. The second-order valence-electron chi connectivity index (χ2n) is 23.3. The lowest BCUT2D eigenvalue weighted by atomic mass is 9.89. The first-order valence-corrected chi connectivity index (χ1v) is 33.6. The molecule has 6 aromatic carbocycles. The molecule has 86 heavy (non-hydrogen) atoms. The standard InChI is InChI=1S/C84H100O2/c1-7-13-25-32-69-37-47-74(48-38-69)57-62-79-80(63-58-75-49-39-70(40-50-75)33-26-14-8-2)82(65-60-77-53-43-72(44-54-77)35-28-16-10-4)84(86-68-31-24-22-20-18-19-21-23-30-67-85-12-6)83(66-61-78-55-45-73(46-56-78)36-29-17-11-5)81(79)64-59-76-51-41-71(42-52-76)34-27-15-9-3/h12,37-56H,6-11,13-36,67-68H2,1-5H3. The van der Waals surface area contributed by atoms with E-state index in [4.69, 9.17) is 9.47 Å². The zero-order chi connectivity index (χ0) is 60.5. The largest absolute Gasteiger partial charge is 0.502 e. The molecule has 0 aliphatic rings. The van der Waals surface area contributed by atoms with Crippen LogP contribution >= 0.6 is 0 Å². The van der Waals surface area contributed by atoms with Crippen molar-refractivity contribution in [3.05, 3.63) is 218 Å². The van der Waals surface area contributed by atoms with Crippen molar-refractivity contribution in [3.8, 4) is 65.0 Å². The first-order valence-electron chi connectivity index (χ1n) is 33.6. The van der Waals surface area contributed by atoms with Crippen LogP contribution in [0.5, 0.6) is 5.75 Å². The molecule has 0 aliphatic carbocycles. The number of rotatable bonds is 34. The molecule has 0 aliphatic heterocycles. The summed E-state index contributed by atoms with van der Waals surface area (Å²) in [6.45, 7) is 16.2. The Morgan fingerprint density at radius 3 is 0.756 bits per heavy atom. The van der Waals surface area contributed by atoms with Crippen molar-refractivity contribution in [1.29, 1.82) is 0 Å². The number of hydrogen-bond donors (Lipinski definition) is 0. The van der Waals surface area contributed by atoms with Gasteiger partial charge in [-0.15, -0.1) is 0 Å². The third kappa shape index (κ3) is 25.2. The van der Waals surface area contributed by atoms with Gasteiger partial charge in [0, 0.05) is 27.8 Å². The Hall–Kier alpha value is -7.54. The van der Waals surface area contributed by atoms with E-state index in [1.165, 1.54) is 156 Å². The van der Waals surface area contributed by atoms with Gasteiger partial charge in [0.2, 0.25) is 0 Å². The maximum absolute atomic E-state index is 7.26. The molecule has 0 unspecified atom stereocenters. The van der Waals surface area contributed by atoms with Crippen LogP contribution in [0.4, 0.5) is 0 Å². The fourth-order valence-corrected chi connectivity index (χ4v) is 10.6. The van der Waals surface area contributed by atoms with Crippen LogP contribution in [0.1, 0.15) is 272 Å². The van der Waals surface area contributed by atoms with Crippen LogP contribution in [0.2, 0.25) is 0 Å². The number of ether oxygens (including phenoxy) is 2. The van der Waals surface area contributed by atoms with E-state index in [1.54, 1.807) is 6.26 Å². The van der Waals surface area contributed by atoms with Crippen molar-refractivity contribution < 1.29 is 9.47 Å². The van der Waals surface area contributed by atoms with Crippen LogP contribution < -0.4 is 4.74 Å². The predicted octanol–water partition coefficient (Wildman–Crippen LogP) is 21.4. The van der Waals surface area contributed by atoms with Crippen LogP contribution in [0.15, 0.2) is 134 Å². The highest BCUT2D eigenvalue weighted by atomic mass is 16.5. The zero-order valence-electron chi connectivity index (χ0n) is 53.6. The van der Waals surface area contributed by atoms with Gasteiger partial charge in [-0.1, -0.05) is 270 Å². The van der Waals surface area contributed by atoms with Gasteiger partial charge in [-0.3, -0.25) is 0 Å². The second kappa shape index (κ2) is 41.5. The van der Waals surface area contributed by atoms with Gasteiger partial charge in [0.1, 0.15) is 0 Å². The van der Waals surface area contributed by atoms with Crippen molar-refractivity contribution in [3.63, 3.8) is 0 Å².